The molecule has 0 rings (SSSR count). The van der Waals surface area contributed by atoms with Crippen LogP contribution in [-0.4, -0.2) is 6.61 Å². The molecule has 0 aromatic heterocycles. The van der Waals surface area contributed by atoms with E-state index in [-0.39, 0.29) is 26.1 Å². The van der Waals surface area contributed by atoms with Crippen LogP contribution in [0.25, 0.3) is 0 Å². The van der Waals surface area contributed by atoms with E-state index in [9.17, 15) is 14.4 Å². The van der Waals surface area contributed by atoms with Gasteiger partial charge in [-0.05, 0) is 6.42 Å². The fraction of sp³-hybridized carbons (Fsp3) is 1.00. The first-order chi connectivity index (χ1) is 8.06. The van der Waals surface area contributed by atoms with Gasteiger partial charge in [0.1, 0.15) is 0 Å². The van der Waals surface area contributed by atoms with Crippen LogP contribution in [0.15, 0.2) is 0 Å². The number of rotatable bonds is 12. The first-order valence-corrected chi connectivity index (χ1v) is 8.19. The van der Waals surface area contributed by atoms with Crippen LogP contribution in [0.4, 0.5) is 0 Å². The van der Waals surface area contributed by atoms with Crippen LogP contribution in [0.1, 0.15) is 71.1 Å². The van der Waals surface area contributed by atoms with Crippen molar-refractivity contribution < 1.29 is 38.4 Å². The van der Waals surface area contributed by atoms with Crippen molar-refractivity contribution >= 4 is 7.82 Å². The molecule has 0 saturated heterocycles. The van der Waals surface area contributed by atoms with Crippen molar-refractivity contribution in [2.45, 2.75) is 71.1 Å². The minimum atomic E-state index is -4.74. The zero-order valence-corrected chi connectivity index (χ0v) is 15.4. The fourth-order valence-electron chi connectivity index (χ4n) is 1.77. The number of hydrogen-bond donors (Lipinski definition) is 0. The van der Waals surface area contributed by atoms with Crippen LogP contribution < -0.4 is 9.79 Å². The number of phosphoric ester groups is 1. The smallest absolute Gasteiger partial charge is 0.790 e. The standard InChI is InChI=1S/C12H27O4P.Zn/c1-2-3-4-5-6-7-8-9-10-11-12-16-17(13,14)15;/h2-12H2,1H3,(H2,13,14,15);/q;+2/p-2. The van der Waals surface area contributed by atoms with Crippen molar-refractivity contribution in [3.8, 4) is 0 Å². The second-order valence-electron chi connectivity index (χ2n) is 4.46. The first kappa shape index (κ1) is 21.0. The largest absolute Gasteiger partial charge is 2.00 e. The predicted octanol–water partition coefficient (Wildman–Crippen LogP) is 2.75. The molecule has 0 N–H and O–H groups in total. The van der Waals surface area contributed by atoms with E-state index in [4.69, 9.17) is 0 Å². The Morgan fingerprint density at radius 3 is 1.61 bits per heavy atom. The summed E-state index contributed by atoms with van der Waals surface area (Å²) in [5, 5.41) is 0. The average molecular weight is 330 g/mol. The van der Waals surface area contributed by atoms with Crippen molar-refractivity contribution in [3.63, 3.8) is 0 Å². The Hall–Kier alpha value is 0.733. The Labute approximate surface area is 124 Å². The molecular formula is C12H25O4PZn. The third-order valence-electron chi connectivity index (χ3n) is 2.75. The van der Waals surface area contributed by atoms with E-state index in [1.807, 2.05) is 0 Å². The molecule has 104 valence electrons. The second-order valence-corrected chi connectivity index (χ2v) is 5.62. The molecule has 6 heteroatoms. The molecular weight excluding hydrogens is 304 g/mol. The Bertz CT molecular complexity index is 208. The van der Waals surface area contributed by atoms with Gasteiger partial charge in [-0.3, -0.25) is 0 Å². The summed E-state index contributed by atoms with van der Waals surface area (Å²) in [6.45, 7) is 2.26. The Morgan fingerprint density at radius 2 is 1.22 bits per heavy atom. The quantitative estimate of drug-likeness (QED) is 0.313. The third-order valence-corrected chi connectivity index (χ3v) is 3.25. The number of phosphoric acid groups is 1. The Balaban J connectivity index is 0. The topological polar surface area (TPSA) is 72.4 Å². The van der Waals surface area contributed by atoms with Crippen molar-refractivity contribution in [3.05, 3.63) is 0 Å². The van der Waals surface area contributed by atoms with Crippen LogP contribution >= 0.6 is 7.82 Å². The van der Waals surface area contributed by atoms with E-state index < -0.39 is 7.82 Å². The molecule has 18 heavy (non-hydrogen) atoms. The Kier molecular flexibility index (Phi) is 16.5. The summed E-state index contributed by atoms with van der Waals surface area (Å²) in [6.07, 6.45) is 11.7. The molecule has 0 fully saturated rings. The molecule has 0 amide bonds. The van der Waals surface area contributed by atoms with E-state index in [1.54, 1.807) is 0 Å². The van der Waals surface area contributed by atoms with E-state index >= 15 is 0 Å². The predicted molar refractivity (Wildman–Crippen MR) is 65.4 cm³/mol. The van der Waals surface area contributed by atoms with Gasteiger partial charge < -0.3 is 18.9 Å². The van der Waals surface area contributed by atoms with Gasteiger partial charge in [0.15, 0.2) is 0 Å². The monoisotopic (exact) mass is 328 g/mol. The van der Waals surface area contributed by atoms with Gasteiger partial charge in [0, 0.05) is 0 Å². The summed E-state index contributed by atoms with van der Waals surface area (Å²) in [5.74, 6) is 0. The SMILES string of the molecule is CCCCCCCCCCCCOP(=O)([O-])[O-].[Zn+2]. The van der Waals surface area contributed by atoms with E-state index in [2.05, 4.69) is 11.4 Å². The summed E-state index contributed by atoms with van der Waals surface area (Å²) in [5.41, 5.74) is 0. The zero-order chi connectivity index (χ0) is 13.0. The van der Waals surface area contributed by atoms with Crippen molar-refractivity contribution in [1.82, 2.24) is 0 Å². The number of hydrogen-bond acceptors (Lipinski definition) is 4. The van der Waals surface area contributed by atoms with Gasteiger partial charge in [-0.1, -0.05) is 64.7 Å². The van der Waals surface area contributed by atoms with Crippen LogP contribution in [0.5, 0.6) is 0 Å². The minimum absolute atomic E-state index is 0. The maximum Gasteiger partial charge on any atom is 2.00 e. The molecule has 0 aromatic rings. The minimum Gasteiger partial charge on any atom is -0.790 e. The average Bonchev–Trinajstić information content (AvgIpc) is 2.24. The molecule has 0 aliphatic rings. The first-order valence-electron chi connectivity index (χ1n) is 6.73. The van der Waals surface area contributed by atoms with Gasteiger partial charge >= 0.3 is 19.5 Å². The molecule has 0 aromatic carbocycles. The van der Waals surface area contributed by atoms with Crippen LogP contribution in [0.3, 0.4) is 0 Å². The summed E-state index contributed by atoms with van der Waals surface area (Å²) >= 11 is 0. The molecule has 0 unspecified atom stereocenters. The molecule has 0 atom stereocenters. The van der Waals surface area contributed by atoms with E-state index in [0.717, 1.165) is 12.8 Å². The normalized spacial score (nSPS) is 11.3. The van der Waals surface area contributed by atoms with Gasteiger partial charge in [0.25, 0.3) is 0 Å². The van der Waals surface area contributed by atoms with Crippen molar-refractivity contribution in [2.24, 2.45) is 0 Å². The van der Waals surface area contributed by atoms with Gasteiger partial charge in [-0.2, -0.15) is 0 Å². The van der Waals surface area contributed by atoms with Crippen LogP contribution in [0, 0.1) is 0 Å². The van der Waals surface area contributed by atoms with Gasteiger partial charge in [0.05, 0.1) is 14.4 Å². The fourth-order valence-corrected chi connectivity index (χ4v) is 2.12. The van der Waals surface area contributed by atoms with Gasteiger partial charge in [-0.15, -0.1) is 0 Å². The molecule has 0 saturated carbocycles. The molecule has 0 radical (unpaired) electrons. The van der Waals surface area contributed by atoms with Gasteiger partial charge in [0.2, 0.25) is 0 Å². The van der Waals surface area contributed by atoms with Crippen molar-refractivity contribution in [2.75, 3.05) is 6.61 Å². The number of unbranched alkanes of at least 4 members (excludes halogenated alkanes) is 9. The van der Waals surface area contributed by atoms with E-state index in [0.29, 0.717) is 6.42 Å². The summed E-state index contributed by atoms with van der Waals surface area (Å²) in [4.78, 5) is 20.3. The zero-order valence-electron chi connectivity index (χ0n) is 11.6. The molecule has 0 bridgehead atoms. The molecule has 0 aliphatic heterocycles. The summed E-state index contributed by atoms with van der Waals surface area (Å²) in [7, 11) is -4.74. The third kappa shape index (κ3) is 19.1. The summed E-state index contributed by atoms with van der Waals surface area (Å²) in [6, 6.07) is 0. The van der Waals surface area contributed by atoms with Crippen molar-refractivity contribution in [1.29, 1.82) is 0 Å². The Morgan fingerprint density at radius 1 is 0.833 bits per heavy atom. The molecule has 4 nitrogen and oxygen atoms in total. The maximum absolute atomic E-state index is 10.1. The maximum atomic E-state index is 10.1. The van der Waals surface area contributed by atoms with Crippen LogP contribution in [0.2, 0.25) is 0 Å². The second kappa shape index (κ2) is 14.1. The molecule has 0 heterocycles. The molecule has 0 spiro atoms. The van der Waals surface area contributed by atoms with Gasteiger partial charge in [-0.25, -0.2) is 0 Å². The van der Waals surface area contributed by atoms with Crippen LogP contribution in [-0.2, 0) is 28.6 Å². The summed E-state index contributed by atoms with van der Waals surface area (Å²) < 4.78 is 14.3. The molecule has 0 aliphatic carbocycles. The van der Waals surface area contributed by atoms with E-state index in [1.165, 1.54) is 44.9 Å².